The summed E-state index contributed by atoms with van der Waals surface area (Å²) in [4.78, 5) is 26.6. The second-order valence-corrected chi connectivity index (χ2v) is 9.17. The zero-order valence-electron chi connectivity index (χ0n) is 17.9. The largest absolute Gasteiger partial charge is 0.493 e. The van der Waals surface area contributed by atoms with Crippen LogP contribution >= 0.6 is 35.0 Å². The molecule has 9 heteroatoms. The highest BCUT2D eigenvalue weighted by Crippen LogP contribution is 2.36. The van der Waals surface area contributed by atoms with Crippen LogP contribution in [0.4, 0.5) is 9.18 Å². The van der Waals surface area contributed by atoms with E-state index in [2.05, 4.69) is 0 Å². The molecule has 34 heavy (non-hydrogen) atoms. The van der Waals surface area contributed by atoms with Crippen molar-refractivity contribution in [3.8, 4) is 11.5 Å². The van der Waals surface area contributed by atoms with E-state index >= 15 is 0 Å². The lowest BCUT2D eigenvalue weighted by Crippen LogP contribution is -2.27. The first-order valence-corrected chi connectivity index (χ1v) is 11.7. The molecule has 0 unspecified atom stereocenters. The average Bonchev–Trinajstić information content (AvgIpc) is 3.08. The van der Waals surface area contributed by atoms with Crippen molar-refractivity contribution in [3.05, 3.63) is 98.1 Å². The first-order valence-electron chi connectivity index (χ1n) is 10.1. The van der Waals surface area contributed by atoms with E-state index in [1.807, 2.05) is 12.1 Å². The van der Waals surface area contributed by atoms with Gasteiger partial charge in [-0.15, -0.1) is 0 Å². The molecule has 1 aliphatic rings. The Morgan fingerprint density at radius 3 is 2.47 bits per heavy atom. The summed E-state index contributed by atoms with van der Waals surface area (Å²) in [5.74, 6) is 0.0865. The standard InChI is InChI=1S/C25H18Cl2FNO4S/c1-32-22-10-16(4-9-21(22)33-14-15-2-6-18(26)7-3-15)11-23-24(30)29(25(31)34-23)13-17-5-8-19(28)12-20(17)27/h2-12H,13-14H2,1H3/b23-11-. The van der Waals surface area contributed by atoms with Gasteiger partial charge in [0.25, 0.3) is 11.1 Å². The van der Waals surface area contributed by atoms with Crippen LogP contribution in [0.2, 0.25) is 10.0 Å². The maximum Gasteiger partial charge on any atom is 0.293 e. The molecule has 0 atom stereocenters. The Labute approximate surface area is 210 Å². The van der Waals surface area contributed by atoms with Crippen LogP contribution in [-0.4, -0.2) is 23.2 Å². The predicted molar refractivity (Wildman–Crippen MR) is 132 cm³/mol. The number of amides is 2. The summed E-state index contributed by atoms with van der Waals surface area (Å²) < 4.78 is 24.6. The first-order chi connectivity index (χ1) is 16.3. The number of ether oxygens (including phenoxy) is 2. The predicted octanol–water partition coefficient (Wildman–Crippen LogP) is 6.96. The van der Waals surface area contributed by atoms with Gasteiger partial charge in [-0.05, 0) is 70.9 Å². The zero-order chi connectivity index (χ0) is 24.2. The van der Waals surface area contributed by atoms with Crippen LogP contribution in [0, 0.1) is 5.82 Å². The Morgan fingerprint density at radius 1 is 1.00 bits per heavy atom. The molecule has 0 aromatic heterocycles. The fourth-order valence-electron chi connectivity index (χ4n) is 3.24. The van der Waals surface area contributed by atoms with Gasteiger partial charge in [0.1, 0.15) is 12.4 Å². The first kappa shape index (κ1) is 24.1. The molecule has 2 amide bonds. The average molecular weight is 518 g/mol. The van der Waals surface area contributed by atoms with Crippen molar-refractivity contribution in [3.63, 3.8) is 0 Å². The van der Waals surface area contributed by atoms with Crippen molar-refractivity contribution in [1.29, 1.82) is 0 Å². The number of carbonyl (C=O) groups excluding carboxylic acids is 2. The smallest absolute Gasteiger partial charge is 0.293 e. The third kappa shape index (κ3) is 5.55. The van der Waals surface area contributed by atoms with Gasteiger partial charge in [0.15, 0.2) is 11.5 Å². The van der Waals surface area contributed by atoms with E-state index in [1.54, 1.807) is 36.4 Å². The minimum atomic E-state index is -0.489. The van der Waals surface area contributed by atoms with Gasteiger partial charge in [0.05, 0.1) is 18.6 Å². The van der Waals surface area contributed by atoms with Gasteiger partial charge in [-0.1, -0.05) is 47.5 Å². The van der Waals surface area contributed by atoms with Gasteiger partial charge in [0, 0.05) is 10.0 Å². The normalized spacial score (nSPS) is 14.7. The van der Waals surface area contributed by atoms with Crippen LogP contribution in [0.5, 0.6) is 11.5 Å². The van der Waals surface area contributed by atoms with E-state index in [0.29, 0.717) is 34.3 Å². The molecule has 0 bridgehead atoms. The summed E-state index contributed by atoms with van der Waals surface area (Å²) in [7, 11) is 1.52. The molecule has 0 N–H and O–H groups in total. The van der Waals surface area contributed by atoms with Gasteiger partial charge in [-0.25, -0.2) is 4.39 Å². The molecule has 174 valence electrons. The van der Waals surface area contributed by atoms with E-state index in [4.69, 9.17) is 32.7 Å². The van der Waals surface area contributed by atoms with E-state index in [0.717, 1.165) is 28.3 Å². The van der Waals surface area contributed by atoms with Crippen molar-refractivity contribution in [1.82, 2.24) is 4.90 Å². The lowest BCUT2D eigenvalue weighted by molar-refractivity contribution is -0.123. The number of imide groups is 1. The molecule has 0 aliphatic carbocycles. The summed E-state index contributed by atoms with van der Waals surface area (Å²) in [6.45, 7) is 0.291. The zero-order valence-corrected chi connectivity index (χ0v) is 20.2. The van der Waals surface area contributed by atoms with Crippen molar-refractivity contribution in [2.45, 2.75) is 13.2 Å². The maximum absolute atomic E-state index is 13.3. The minimum Gasteiger partial charge on any atom is -0.493 e. The summed E-state index contributed by atoms with van der Waals surface area (Å²) >= 11 is 12.8. The molecular formula is C25H18Cl2FNO4S. The van der Waals surface area contributed by atoms with Crippen LogP contribution < -0.4 is 9.47 Å². The number of benzene rings is 3. The molecule has 0 radical (unpaired) electrons. The van der Waals surface area contributed by atoms with Crippen molar-refractivity contribution in [2.24, 2.45) is 0 Å². The molecule has 5 nitrogen and oxygen atoms in total. The van der Waals surface area contributed by atoms with Gasteiger partial charge < -0.3 is 9.47 Å². The van der Waals surface area contributed by atoms with E-state index < -0.39 is 17.0 Å². The summed E-state index contributed by atoms with van der Waals surface area (Å²) in [5.41, 5.74) is 2.10. The van der Waals surface area contributed by atoms with E-state index in [9.17, 15) is 14.0 Å². The molecule has 0 spiro atoms. The number of hydrogen-bond donors (Lipinski definition) is 0. The van der Waals surface area contributed by atoms with Gasteiger partial charge >= 0.3 is 0 Å². The highest BCUT2D eigenvalue weighted by atomic mass is 35.5. The molecule has 4 rings (SSSR count). The Bertz CT molecular complexity index is 1280. The number of rotatable bonds is 7. The summed E-state index contributed by atoms with van der Waals surface area (Å²) in [6, 6.07) is 16.4. The lowest BCUT2D eigenvalue weighted by Gasteiger charge is -2.13. The van der Waals surface area contributed by atoms with Crippen molar-refractivity contribution < 1.29 is 23.5 Å². The lowest BCUT2D eigenvalue weighted by atomic mass is 10.1. The van der Waals surface area contributed by atoms with E-state index in [-0.39, 0.29) is 16.5 Å². The maximum atomic E-state index is 13.3. The number of nitrogens with zero attached hydrogens (tertiary/aromatic N) is 1. The molecule has 1 fully saturated rings. The highest BCUT2D eigenvalue weighted by Gasteiger charge is 2.35. The van der Waals surface area contributed by atoms with E-state index in [1.165, 1.54) is 19.2 Å². The monoisotopic (exact) mass is 517 g/mol. The van der Waals surface area contributed by atoms with Crippen LogP contribution in [0.3, 0.4) is 0 Å². The molecule has 3 aromatic carbocycles. The fraction of sp³-hybridized carbons (Fsp3) is 0.120. The number of hydrogen-bond acceptors (Lipinski definition) is 5. The summed E-state index contributed by atoms with van der Waals surface area (Å²) in [6.07, 6.45) is 1.61. The van der Waals surface area contributed by atoms with Gasteiger partial charge in [-0.3, -0.25) is 14.5 Å². The third-order valence-electron chi connectivity index (χ3n) is 5.01. The topological polar surface area (TPSA) is 55.8 Å². The molecule has 3 aromatic rings. The molecule has 1 saturated heterocycles. The Kier molecular flexibility index (Phi) is 7.46. The number of thioether (sulfide) groups is 1. The second-order valence-electron chi connectivity index (χ2n) is 7.33. The van der Waals surface area contributed by atoms with Crippen molar-refractivity contribution >= 4 is 52.2 Å². The third-order valence-corrected chi connectivity index (χ3v) is 6.52. The summed E-state index contributed by atoms with van der Waals surface area (Å²) in [5, 5.41) is 0.379. The quantitative estimate of drug-likeness (QED) is 0.317. The number of methoxy groups -OCH3 is 1. The molecular weight excluding hydrogens is 500 g/mol. The van der Waals surface area contributed by atoms with Crippen LogP contribution in [0.1, 0.15) is 16.7 Å². The second kappa shape index (κ2) is 10.5. The van der Waals surface area contributed by atoms with Crippen LogP contribution in [0.25, 0.3) is 6.08 Å². The van der Waals surface area contributed by atoms with Crippen LogP contribution in [-0.2, 0) is 17.9 Å². The Hall–Kier alpha value is -3.00. The van der Waals surface area contributed by atoms with Crippen LogP contribution in [0.15, 0.2) is 65.6 Å². The highest BCUT2D eigenvalue weighted by molar-refractivity contribution is 8.18. The molecule has 1 aliphatic heterocycles. The number of carbonyl (C=O) groups is 2. The number of halogens is 3. The van der Waals surface area contributed by atoms with Crippen molar-refractivity contribution in [2.75, 3.05) is 7.11 Å². The molecule has 0 saturated carbocycles. The van der Waals surface area contributed by atoms with Gasteiger partial charge in [-0.2, -0.15) is 0 Å². The van der Waals surface area contributed by atoms with Gasteiger partial charge in [0.2, 0.25) is 0 Å². The molecule has 1 heterocycles. The Morgan fingerprint density at radius 2 is 1.76 bits per heavy atom. The minimum absolute atomic E-state index is 0.0398. The fourth-order valence-corrected chi connectivity index (χ4v) is 4.43. The Balaban J connectivity index is 1.48. The SMILES string of the molecule is COc1cc(/C=C2\SC(=O)N(Cc3ccc(F)cc3Cl)C2=O)ccc1OCc1ccc(Cl)cc1.